The minimum Gasteiger partial charge on any atom is -0.394 e. The van der Waals surface area contributed by atoms with Crippen molar-refractivity contribution < 1.29 is 24.1 Å². The van der Waals surface area contributed by atoms with Gasteiger partial charge in [-0.25, -0.2) is 0 Å². The van der Waals surface area contributed by atoms with Gasteiger partial charge >= 0.3 is 0 Å². The number of aromatic nitrogens is 1. The molecule has 1 fully saturated rings. The van der Waals surface area contributed by atoms with Crippen molar-refractivity contribution >= 4 is 16.6 Å². The second kappa shape index (κ2) is 10.2. The Morgan fingerprint density at radius 2 is 1.97 bits per heavy atom. The molecule has 0 amide bonds. The maximum absolute atomic E-state index is 11.6. The molecule has 4 rings (SSSR count). The second-order valence-electron chi connectivity index (χ2n) is 7.75. The standard InChI is InChI=1S/C24H28N2O6/c1-15-21(14-30-23(31-15)17-6-4-3-5-7-17)32-24(29-2)20(13-27)25-18-10-8-16-9-11-22(28)26-19(16)12-18/h3-12,15,20-21,23-25,27H,13-14H2,1-2H3,(H,26,28)/t15-,20-,21?,23?,24-/m0/s1. The number of H-pyrrole nitrogens is 1. The first-order valence-electron chi connectivity index (χ1n) is 10.6. The molecule has 0 saturated carbocycles. The smallest absolute Gasteiger partial charge is 0.248 e. The van der Waals surface area contributed by atoms with E-state index in [1.165, 1.54) is 13.2 Å². The van der Waals surface area contributed by atoms with E-state index in [1.807, 2.05) is 55.5 Å². The third-order valence-electron chi connectivity index (χ3n) is 5.49. The third-order valence-corrected chi connectivity index (χ3v) is 5.49. The Labute approximate surface area is 186 Å². The van der Waals surface area contributed by atoms with E-state index in [-0.39, 0.29) is 24.4 Å². The number of methoxy groups -OCH3 is 1. The van der Waals surface area contributed by atoms with Gasteiger partial charge in [0.05, 0.1) is 24.8 Å². The van der Waals surface area contributed by atoms with Gasteiger partial charge in [0, 0.05) is 24.4 Å². The number of nitrogens with one attached hydrogen (secondary N) is 2. The summed E-state index contributed by atoms with van der Waals surface area (Å²) in [5, 5.41) is 14.1. The summed E-state index contributed by atoms with van der Waals surface area (Å²) >= 11 is 0. The normalized spacial score (nSPS) is 23.0. The van der Waals surface area contributed by atoms with Crippen LogP contribution in [0, 0.1) is 0 Å². The lowest BCUT2D eigenvalue weighted by Crippen LogP contribution is -2.48. The van der Waals surface area contributed by atoms with E-state index >= 15 is 0 Å². The largest absolute Gasteiger partial charge is 0.394 e. The van der Waals surface area contributed by atoms with Crippen LogP contribution < -0.4 is 10.9 Å². The number of pyridine rings is 1. The first-order valence-corrected chi connectivity index (χ1v) is 10.6. The number of ether oxygens (including phenoxy) is 4. The van der Waals surface area contributed by atoms with Crippen LogP contribution in [0.1, 0.15) is 18.8 Å². The van der Waals surface area contributed by atoms with Crippen molar-refractivity contribution in [3.8, 4) is 0 Å². The Morgan fingerprint density at radius 3 is 2.69 bits per heavy atom. The number of aliphatic hydroxyl groups is 1. The molecule has 0 spiro atoms. The molecule has 1 aliphatic rings. The quantitative estimate of drug-likeness (QED) is 0.463. The van der Waals surface area contributed by atoms with Crippen molar-refractivity contribution in [2.45, 2.75) is 37.8 Å². The van der Waals surface area contributed by atoms with E-state index in [4.69, 9.17) is 18.9 Å². The van der Waals surface area contributed by atoms with Crippen LogP contribution in [-0.2, 0) is 18.9 Å². The minimum atomic E-state index is -0.751. The van der Waals surface area contributed by atoms with E-state index in [0.29, 0.717) is 12.1 Å². The van der Waals surface area contributed by atoms with Gasteiger partial charge in [0.25, 0.3) is 0 Å². The molecule has 2 aromatic carbocycles. The highest BCUT2D eigenvalue weighted by Gasteiger charge is 2.34. The van der Waals surface area contributed by atoms with Crippen LogP contribution in [0.25, 0.3) is 10.9 Å². The molecule has 0 bridgehead atoms. The fourth-order valence-electron chi connectivity index (χ4n) is 3.71. The number of rotatable bonds is 8. The van der Waals surface area contributed by atoms with Crippen LogP contribution in [0.5, 0.6) is 0 Å². The molecule has 2 heterocycles. The van der Waals surface area contributed by atoms with Crippen LogP contribution >= 0.6 is 0 Å². The molecule has 0 aliphatic carbocycles. The summed E-state index contributed by atoms with van der Waals surface area (Å²) in [5.74, 6) is 0. The molecule has 3 N–H and O–H groups in total. The van der Waals surface area contributed by atoms with Gasteiger partial charge in [-0.05, 0) is 30.5 Å². The van der Waals surface area contributed by atoms with Crippen molar-refractivity contribution in [3.05, 3.63) is 76.6 Å². The van der Waals surface area contributed by atoms with Gasteiger partial charge in [-0.15, -0.1) is 0 Å². The first-order chi connectivity index (χ1) is 15.6. The van der Waals surface area contributed by atoms with E-state index < -0.39 is 18.6 Å². The maximum atomic E-state index is 11.6. The number of anilines is 1. The highest BCUT2D eigenvalue weighted by atomic mass is 16.7. The molecule has 5 atom stereocenters. The fourth-order valence-corrected chi connectivity index (χ4v) is 3.71. The lowest BCUT2D eigenvalue weighted by Gasteiger charge is -2.37. The summed E-state index contributed by atoms with van der Waals surface area (Å²) in [6, 6.07) is 18.0. The SMILES string of the molecule is CO[C@@H](OC1COC(c2ccccc2)O[C@H]1C)[C@H](CO)Nc1ccc2ccc(=O)[nH]c2c1. The molecular formula is C24H28N2O6. The van der Waals surface area contributed by atoms with Crippen LogP contribution in [0.3, 0.4) is 0 Å². The molecule has 170 valence electrons. The maximum Gasteiger partial charge on any atom is 0.248 e. The van der Waals surface area contributed by atoms with Gasteiger partial charge in [-0.3, -0.25) is 4.79 Å². The zero-order valence-corrected chi connectivity index (χ0v) is 18.1. The Morgan fingerprint density at radius 1 is 1.19 bits per heavy atom. The molecule has 0 radical (unpaired) electrons. The van der Waals surface area contributed by atoms with Crippen LogP contribution in [0.2, 0.25) is 0 Å². The number of aliphatic hydroxyl groups excluding tert-OH is 1. The highest BCUT2D eigenvalue weighted by molar-refractivity contribution is 5.81. The monoisotopic (exact) mass is 440 g/mol. The molecule has 1 aromatic heterocycles. The predicted molar refractivity (Wildman–Crippen MR) is 120 cm³/mol. The molecule has 32 heavy (non-hydrogen) atoms. The average Bonchev–Trinajstić information content (AvgIpc) is 2.82. The summed E-state index contributed by atoms with van der Waals surface area (Å²) in [6.07, 6.45) is -1.81. The van der Waals surface area contributed by atoms with Gasteiger partial charge in [-0.1, -0.05) is 36.4 Å². The van der Waals surface area contributed by atoms with Gasteiger partial charge < -0.3 is 34.4 Å². The Hall–Kier alpha value is -2.75. The van der Waals surface area contributed by atoms with Crippen LogP contribution in [-0.4, -0.2) is 55.0 Å². The minimum absolute atomic E-state index is 0.174. The average molecular weight is 440 g/mol. The zero-order valence-electron chi connectivity index (χ0n) is 18.1. The molecular weight excluding hydrogens is 412 g/mol. The third kappa shape index (κ3) is 5.17. The fraction of sp³-hybridized carbons (Fsp3) is 0.375. The van der Waals surface area contributed by atoms with Gasteiger partial charge in [0.2, 0.25) is 5.56 Å². The highest BCUT2D eigenvalue weighted by Crippen LogP contribution is 2.28. The molecule has 1 aliphatic heterocycles. The van der Waals surface area contributed by atoms with E-state index in [0.717, 1.165) is 16.6 Å². The lowest BCUT2D eigenvalue weighted by atomic mass is 10.1. The topological polar surface area (TPSA) is 102 Å². The van der Waals surface area contributed by atoms with Crippen LogP contribution in [0.4, 0.5) is 5.69 Å². The summed E-state index contributed by atoms with van der Waals surface area (Å²) in [7, 11) is 1.52. The zero-order chi connectivity index (χ0) is 22.5. The first kappa shape index (κ1) is 22.4. The lowest BCUT2D eigenvalue weighted by molar-refractivity contribution is -0.290. The molecule has 8 nitrogen and oxygen atoms in total. The van der Waals surface area contributed by atoms with Gasteiger partial charge in [0.1, 0.15) is 12.1 Å². The van der Waals surface area contributed by atoms with Crippen molar-refractivity contribution in [2.75, 3.05) is 25.6 Å². The number of aromatic amines is 1. The Balaban J connectivity index is 1.41. The van der Waals surface area contributed by atoms with Gasteiger partial charge in [-0.2, -0.15) is 0 Å². The predicted octanol–water partition coefficient (Wildman–Crippen LogP) is 2.79. The summed E-state index contributed by atoms with van der Waals surface area (Å²) in [4.78, 5) is 14.4. The number of fused-ring (bicyclic) bond motifs is 1. The molecule has 2 unspecified atom stereocenters. The summed E-state index contributed by atoms with van der Waals surface area (Å²) < 4.78 is 23.5. The molecule has 3 aromatic rings. The van der Waals surface area contributed by atoms with E-state index in [9.17, 15) is 9.90 Å². The Kier molecular flexibility index (Phi) is 7.19. The second-order valence-corrected chi connectivity index (χ2v) is 7.75. The Bertz CT molecular complexity index is 1070. The number of benzene rings is 2. The number of hydrogen-bond donors (Lipinski definition) is 3. The van der Waals surface area contributed by atoms with Crippen molar-refractivity contribution in [3.63, 3.8) is 0 Å². The summed E-state index contributed by atoms with van der Waals surface area (Å²) in [6.45, 7) is 2.03. The van der Waals surface area contributed by atoms with Crippen molar-refractivity contribution in [1.29, 1.82) is 0 Å². The molecule has 8 heteroatoms. The van der Waals surface area contributed by atoms with E-state index in [1.54, 1.807) is 6.07 Å². The summed E-state index contributed by atoms with van der Waals surface area (Å²) in [5.41, 5.74) is 2.19. The molecule has 1 saturated heterocycles. The number of hydrogen-bond acceptors (Lipinski definition) is 7. The van der Waals surface area contributed by atoms with Gasteiger partial charge in [0.15, 0.2) is 12.6 Å². The van der Waals surface area contributed by atoms with E-state index in [2.05, 4.69) is 10.3 Å². The van der Waals surface area contributed by atoms with Crippen molar-refractivity contribution in [2.24, 2.45) is 0 Å². The van der Waals surface area contributed by atoms with Crippen LogP contribution in [0.15, 0.2) is 65.5 Å². The van der Waals surface area contributed by atoms with Crippen molar-refractivity contribution in [1.82, 2.24) is 4.98 Å².